The minimum atomic E-state index is -4.56. The lowest BCUT2D eigenvalue weighted by molar-refractivity contribution is -0.141. The highest BCUT2D eigenvalue weighted by molar-refractivity contribution is 5.58. The fourth-order valence-corrected chi connectivity index (χ4v) is 3.53. The summed E-state index contributed by atoms with van der Waals surface area (Å²) in [7, 11) is 0. The molecular weight excluding hydrogens is 419 g/mol. The number of halogens is 3. The molecule has 1 aliphatic heterocycles. The average Bonchev–Trinajstić information content (AvgIpc) is 2.78. The SMILES string of the molecule is Cc1cc(N2CCN(c3cc(C(F)(F)F)nc(-c4ccncc4)n3)CC2)nc(C(C)C)n1. The zero-order valence-electron chi connectivity index (χ0n) is 18.1. The van der Waals surface area contributed by atoms with E-state index in [4.69, 9.17) is 0 Å². The van der Waals surface area contributed by atoms with E-state index in [-0.39, 0.29) is 17.6 Å². The molecule has 1 aliphatic rings. The third-order valence-electron chi connectivity index (χ3n) is 5.24. The zero-order valence-corrected chi connectivity index (χ0v) is 18.1. The van der Waals surface area contributed by atoms with Gasteiger partial charge in [0.1, 0.15) is 17.5 Å². The van der Waals surface area contributed by atoms with Crippen LogP contribution in [0, 0.1) is 6.92 Å². The van der Waals surface area contributed by atoms with Crippen molar-refractivity contribution >= 4 is 11.6 Å². The summed E-state index contributed by atoms with van der Waals surface area (Å²) in [5, 5.41) is 0. The zero-order chi connectivity index (χ0) is 22.9. The first-order valence-electron chi connectivity index (χ1n) is 10.4. The molecule has 1 fully saturated rings. The van der Waals surface area contributed by atoms with Crippen LogP contribution in [-0.4, -0.2) is 51.1 Å². The molecule has 32 heavy (non-hydrogen) atoms. The molecule has 10 heteroatoms. The van der Waals surface area contributed by atoms with Gasteiger partial charge in [-0.3, -0.25) is 4.98 Å². The van der Waals surface area contributed by atoms with E-state index < -0.39 is 11.9 Å². The molecule has 0 bridgehead atoms. The molecule has 3 aromatic heterocycles. The smallest absolute Gasteiger partial charge is 0.353 e. The number of aryl methyl sites for hydroxylation is 1. The molecule has 0 N–H and O–H groups in total. The van der Waals surface area contributed by atoms with E-state index >= 15 is 0 Å². The fourth-order valence-electron chi connectivity index (χ4n) is 3.53. The van der Waals surface area contributed by atoms with Crippen molar-refractivity contribution in [1.82, 2.24) is 24.9 Å². The van der Waals surface area contributed by atoms with E-state index in [9.17, 15) is 13.2 Å². The van der Waals surface area contributed by atoms with Gasteiger partial charge in [0.05, 0.1) is 0 Å². The summed E-state index contributed by atoms with van der Waals surface area (Å²) in [6.45, 7) is 8.30. The van der Waals surface area contributed by atoms with E-state index in [0.717, 1.165) is 23.4 Å². The maximum absolute atomic E-state index is 13.5. The molecule has 4 heterocycles. The van der Waals surface area contributed by atoms with Crippen LogP contribution in [0.4, 0.5) is 24.8 Å². The summed E-state index contributed by atoms with van der Waals surface area (Å²) in [5.74, 6) is 2.14. The van der Waals surface area contributed by atoms with Crippen LogP contribution in [0.5, 0.6) is 0 Å². The van der Waals surface area contributed by atoms with Gasteiger partial charge in [-0.25, -0.2) is 19.9 Å². The summed E-state index contributed by atoms with van der Waals surface area (Å²) < 4.78 is 40.5. The minimum absolute atomic E-state index is 0.0349. The van der Waals surface area contributed by atoms with Crippen LogP contribution in [-0.2, 0) is 6.18 Å². The second kappa shape index (κ2) is 8.68. The van der Waals surface area contributed by atoms with Crippen molar-refractivity contribution in [3.8, 4) is 11.4 Å². The van der Waals surface area contributed by atoms with E-state index in [1.807, 2.05) is 31.7 Å². The normalized spacial score (nSPS) is 14.8. The summed E-state index contributed by atoms with van der Waals surface area (Å²) in [6, 6.07) is 6.16. The monoisotopic (exact) mass is 443 g/mol. The number of aromatic nitrogens is 5. The minimum Gasteiger partial charge on any atom is -0.353 e. The van der Waals surface area contributed by atoms with Gasteiger partial charge in [-0.2, -0.15) is 13.2 Å². The Bertz CT molecular complexity index is 1080. The Morgan fingerprint density at radius 1 is 0.844 bits per heavy atom. The molecule has 0 atom stereocenters. The Morgan fingerprint density at radius 2 is 1.44 bits per heavy atom. The number of hydrogen-bond donors (Lipinski definition) is 0. The van der Waals surface area contributed by atoms with E-state index in [1.54, 1.807) is 12.1 Å². The Kier molecular flexibility index (Phi) is 5.94. The van der Waals surface area contributed by atoms with Crippen LogP contribution in [0.3, 0.4) is 0 Å². The van der Waals surface area contributed by atoms with Gasteiger partial charge >= 0.3 is 6.18 Å². The Hall–Kier alpha value is -3.30. The van der Waals surface area contributed by atoms with E-state index in [2.05, 4.69) is 29.8 Å². The van der Waals surface area contributed by atoms with E-state index in [0.29, 0.717) is 31.7 Å². The van der Waals surface area contributed by atoms with Crippen molar-refractivity contribution in [3.05, 3.63) is 53.9 Å². The Morgan fingerprint density at radius 3 is 2.00 bits per heavy atom. The summed E-state index contributed by atoms with van der Waals surface area (Å²) in [5.41, 5.74) is 0.433. The van der Waals surface area contributed by atoms with E-state index in [1.165, 1.54) is 12.4 Å². The number of hydrogen-bond acceptors (Lipinski definition) is 7. The lowest BCUT2D eigenvalue weighted by atomic mass is 10.2. The predicted molar refractivity (Wildman–Crippen MR) is 116 cm³/mol. The highest BCUT2D eigenvalue weighted by Gasteiger charge is 2.34. The first-order chi connectivity index (χ1) is 15.2. The number of alkyl halides is 3. The van der Waals surface area contributed by atoms with Gasteiger partial charge in [-0.15, -0.1) is 0 Å². The molecule has 3 aromatic rings. The first kappa shape index (κ1) is 21.9. The fraction of sp³-hybridized carbons (Fsp3) is 0.409. The third kappa shape index (κ3) is 4.79. The van der Waals surface area contributed by atoms with Crippen LogP contribution in [0.15, 0.2) is 36.7 Å². The van der Waals surface area contributed by atoms with Crippen molar-refractivity contribution in [2.24, 2.45) is 0 Å². The lowest BCUT2D eigenvalue weighted by Gasteiger charge is -2.36. The first-order valence-corrected chi connectivity index (χ1v) is 10.4. The number of anilines is 2. The van der Waals surface area contributed by atoms with Gasteiger partial charge in [-0.05, 0) is 19.1 Å². The van der Waals surface area contributed by atoms with Crippen molar-refractivity contribution in [3.63, 3.8) is 0 Å². The maximum atomic E-state index is 13.5. The number of rotatable bonds is 4. The van der Waals surface area contributed by atoms with Crippen LogP contribution >= 0.6 is 0 Å². The molecule has 0 radical (unpaired) electrons. The quantitative estimate of drug-likeness (QED) is 0.601. The van der Waals surface area contributed by atoms with Gasteiger partial charge in [0.25, 0.3) is 0 Å². The molecule has 168 valence electrons. The van der Waals surface area contributed by atoms with Gasteiger partial charge in [0.15, 0.2) is 11.5 Å². The average molecular weight is 443 g/mol. The predicted octanol–water partition coefficient (Wildman–Crippen LogP) is 4.11. The molecule has 0 unspecified atom stereocenters. The Balaban J connectivity index is 1.58. The number of nitrogens with zero attached hydrogens (tertiary/aromatic N) is 7. The molecule has 0 aliphatic carbocycles. The molecule has 0 spiro atoms. The number of piperazine rings is 1. The number of pyridine rings is 1. The maximum Gasteiger partial charge on any atom is 0.433 e. The van der Waals surface area contributed by atoms with Crippen molar-refractivity contribution < 1.29 is 13.2 Å². The summed E-state index contributed by atoms with van der Waals surface area (Å²) >= 11 is 0. The van der Waals surface area contributed by atoms with Crippen LogP contribution in [0.25, 0.3) is 11.4 Å². The highest BCUT2D eigenvalue weighted by Crippen LogP contribution is 2.32. The van der Waals surface area contributed by atoms with Crippen LogP contribution in [0.1, 0.15) is 37.0 Å². The molecule has 4 rings (SSSR count). The van der Waals surface area contributed by atoms with Gasteiger partial charge < -0.3 is 9.80 Å². The molecule has 7 nitrogen and oxygen atoms in total. The van der Waals surface area contributed by atoms with Crippen molar-refractivity contribution in [1.29, 1.82) is 0 Å². The topological polar surface area (TPSA) is 70.9 Å². The lowest BCUT2D eigenvalue weighted by Crippen LogP contribution is -2.47. The van der Waals surface area contributed by atoms with Gasteiger partial charge in [0, 0.05) is 67.9 Å². The third-order valence-corrected chi connectivity index (χ3v) is 5.24. The van der Waals surface area contributed by atoms with Crippen LogP contribution < -0.4 is 9.80 Å². The molecular formula is C22H24F3N7. The Labute approximate surface area is 184 Å². The summed E-state index contributed by atoms with van der Waals surface area (Å²) in [6.07, 6.45) is -1.55. The largest absolute Gasteiger partial charge is 0.433 e. The standard InChI is InChI=1S/C22H24F3N7/c1-14(2)20-27-15(3)12-18(29-20)31-8-10-32(11-9-31)19-13-17(22(23,24)25)28-21(30-19)16-4-6-26-7-5-16/h4-7,12-14H,8-11H2,1-3H3. The molecule has 0 aromatic carbocycles. The van der Waals surface area contributed by atoms with Gasteiger partial charge in [0.2, 0.25) is 0 Å². The molecule has 0 amide bonds. The molecule has 0 saturated carbocycles. The summed E-state index contributed by atoms with van der Waals surface area (Å²) in [4.78, 5) is 25.2. The van der Waals surface area contributed by atoms with Gasteiger partial charge in [-0.1, -0.05) is 13.8 Å². The van der Waals surface area contributed by atoms with Crippen LogP contribution in [0.2, 0.25) is 0 Å². The van der Waals surface area contributed by atoms with Crippen molar-refractivity contribution in [2.45, 2.75) is 32.9 Å². The molecule has 1 saturated heterocycles. The second-order valence-corrected chi connectivity index (χ2v) is 8.02. The highest BCUT2D eigenvalue weighted by atomic mass is 19.4. The second-order valence-electron chi connectivity index (χ2n) is 8.02. The van der Waals surface area contributed by atoms with Crippen molar-refractivity contribution in [2.75, 3.05) is 36.0 Å².